The molecule has 2 unspecified atom stereocenters. The molecule has 4 heteroatoms. The zero-order valence-electron chi connectivity index (χ0n) is 11.6. The van der Waals surface area contributed by atoms with Crippen LogP contribution in [0.5, 0.6) is 5.75 Å². The SMILES string of the molecule is CCCOc1ccc(Cl)cc1CCC(O)C(O)CC. The van der Waals surface area contributed by atoms with Crippen molar-refractivity contribution in [2.75, 3.05) is 6.61 Å². The maximum absolute atomic E-state index is 9.79. The summed E-state index contributed by atoms with van der Waals surface area (Å²) in [7, 11) is 0. The van der Waals surface area contributed by atoms with E-state index in [0.717, 1.165) is 17.7 Å². The van der Waals surface area contributed by atoms with Gasteiger partial charge in [-0.3, -0.25) is 0 Å². The lowest BCUT2D eigenvalue weighted by molar-refractivity contribution is 0.0130. The molecular formula is C15H23ClO3. The maximum Gasteiger partial charge on any atom is 0.122 e. The Kier molecular flexibility index (Phi) is 7.21. The number of hydrogen-bond donors (Lipinski definition) is 2. The Hall–Kier alpha value is -0.770. The van der Waals surface area contributed by atoms with E-state index in [0.29, 0.717) is 30.9 Å². The number of benzene rings is 1. The van der Waals surface area contributed by atoms with Gasteiger partial charge in [0.1, 0.15) is 5.75 Å². The van der Waals surface area contributed by atoms with Crippen molar-refractivity contribution in [2.45, 2.75) is 51.7 Å². The van der Waals surface area contributed by atoms with Crippen LogP contribution in [-0.4, -0.2) is 29.0 Å². The number of aliphatic hydroxyl groups excluding tert-OH is 2. The van der Waals surface area contributed by atoms with Crippen LogP contribution in [0.25, 0.3) is 0 Å². The summed E-state index contributed by atoms with van der Waals surface area (Å²) in [6.45, 7) is 4.56. The zero-order valence-corrected chi connectivity index (χ0v) is 12.4. The van der Waals surface area contributed by atoms with Crippen molar-refractivity contribution >= 4 is 11.6 Å². The van der Waals surface area contributed by atoms with Crippen LogP contribution >= 0.6 is 11.6 Å². The normalized spacial score (nSPS) is 14.2. The smallest absolute Gasteiger partial charge is 0.122 e. The highest BCUT2D eigenvalue weighted by atomic mass is 35.5. The molecule has 1 aromatic rings. The van der Waals surface area contributed by atoms with Crippen LogP contribution in [0.2, 0.25) is 5.02 Å². The number of aliphatic hydroxyl groups is 2. The zero-order chi connectivity index (χ0) is 14.3. The molecule has 0 aliphatic rings. The maximum atomic E-state index is 9.79. The summed E-state index contributed by atoms with van der Waals surface area (Å²) in [5, 5.41) is 20.0. The number of ether oxygens (including phenoxy) is 1. The van der Waals surface area contributed by atoms with Crippen LogP contribution < -0.4 is 4.74 Å². The van der Waals surface area contributed by atoms with Gasteiger partial charge >= 0.3 is 0 Å². The highest BCUT2D eigenvalue weighted by Crippen LogP contribution is 2.25. The molecule has 2 atom stereocenters. The van der Waals surface area contributed by atoms with Gasteiger partial charge in [-0.1, -0.05) is 25.4 Å². The Morgan fingerprint density at radius 2 is 1.95 bits per heavy atom. The second-order valence-electron chi connectivity index (χ2n) is 4.68. The van der Waals surface area contributed by atoms with Crippen molar-refractivity contribution in [1.82, 2.24) is 0 Å². The van der Waals surface area contributed by atoms with Crippen LogP contribution in [0.15, 0.2) is 18.2 Å². The van der Waals surface area contributed by atoms with E-state index in [1.807, 2.05) is 19.1 Å². The molecule has 0 heterocycles. The first-order valence-corrected chi connectivity index (χ1v) is 7.23. The fraction of sp³-hybridized carbons (Fsp3) is 0.600. The molecule has 0 spiro atoms. The number of aryl methyl sites for hydroxylation is 1. The van der Waals surface area contributed by atoms with Crippen molar-refractivity contribution in [2.24, 2.45) is 0 Å². The largest absolute Gasteiger partial charge is 0.493 e. The van der Waals surface area contributed by atoms with Gasteiger partial charge in [-0.2, -0.15) is 0 Å². The average molecular weight is 287 g/mol. The molecule has 0 aliphatic heterocycles. The minimum Gasteiger partial charge on any atom is -0.493 e. The monoisotopic (exact) mass is 286 g/mol. The van der Waals surface area contributed by atoms with Crippen molar-refractivity contribution in [3.63, 3.8) is 0 Å². The van der Waals surface area contributed by atoms with Gasteiger partial charge < -0.3 is 14.9 Å². The Labute approximate surface area is 120 Å². The molecule has 108 valence electrons. The van der Waals surface area contributed by atoms with Gasteiger partial charge in [0, 0.05) is 5.02 Å². The molecule has 3 nitrogen and oxygen atoms in total. The van der Waals surface area contributed by atoms with Crippen LogP contribution in [-0.2, 0) is 6.42 Å². The highest BCUT2D eigenvalue weighted by Gasteiger charge is 2.15. The molecule has 0 aromatic heterocycles. The van der Waals surface area contributed by atoms with Gasteiger partial charge in [0.05, 0.1) is 18.8 Å². The first kappa shape index (κ1) is 16.3. The Bertz CT molecular complexity index is 382. The summed E-state index contributed by atoms with van der Waals surface area (Å²) in [6, 6.07) is 5.51. The van der Waals surface area contributed by atoms with Crippen LogP contribution in [0, 0.1) is 0 Å². The van der Waals surface area contributed by atoms with Crippen molar-refractivity contribution in [1.29, 1.82) is 0 Å². The minimum atomic E-state index is -0.706. The van der Waals surface area contributed by atoms with Crippen LogP contribution in [0.4, 0.5) is 0 Å². The fourth-order valence-electron chi connectivity index (χ4n) is 1.86. The predicted molar refractivity (Wildman–Crippen MR) is 77.9 cm³/mol. The summed E-state index contributed by atoms with van der Waals surface area (Å²) in [5.74, 6) is 0.810. The quantitative estimate of drug-likeness (QED) is 0.772. The molecule has 0 fully saturated rings. The van der Waals surface area contributed by atoms with E-state index in [4.69, 9.17) is 16.3 Å². The van der Waals surface area contributed by atoms with Gasteiger partial charge in [0.15, 0.2) is 0 Å². The second kappa shape index (κ2) is 8.41. The lowest BCUT2D eigenvalue weighted by Gasteiger charge is -2.17. The molecular weight excluding hydrogens is 264 g/mol. The number of halogens is 1. The lowest BCUT2D eigenvalue weighted by Crippen LogP contribution is -2.25. The van der Waals surface area contributed by atoms with E-state index in [1.165, 1.54) is 0 Å². The van der Waals surface area contributed by atoms with Gasteiger partial charge in [0.2, 0.25) is 0 Å². The predicted octanol–water partition coefficient (Wildman–Crippen LogP) is 3.19. The highest BCUT2D eigenvalue weighted by molar-refractivity contribution is 6.30. The van der Waals surface area contributed by atoms with E-state index in [9.17, 15) is 10.2 Å². The van der Waals surface area contributed by atoms with Gasteiger partial charge in [0.25, 0.3) is 0 Å². The molecule has 19 heavy (non-hydrogen) atoms. The minimum absolute atomic E-state index is 0.498. The third-order valence-electron chi connectivity index (χ3n) is 3.06. The van der Waals surface area contributed by atoms with Crippen LogP contribution in [0.1, 0.15) is 38.7 Å². The molecule has 0 aliphatic carbocycles. The Morgan fingerprint density at radius 3 is 2.58 bits per heavy atom. The van der Waals surface area contributed by atoms with E-state index in [-0.39, 0.29) is 0 Å². The summed E-state index contributed by atoms with van der Waals surface area (Å²) < 4.78 is 5.66. The van der Waals surface area contributed by atoms with Gasteiger partial charge in [-0.25, -0.2) is 0 Å². The molecule has 1 aromatic carbocycles. The molecule has 2 N–H and O–H groups in total. The number of rotatable bonds is 8. The molecule has 0 saturated carbocycles. The lowest BCUT2D eigenvalue weighted by atomic mass is 10.0. The van der Waals surface area contributed by atoms with Gasteiger partial charge in [-0.05, 0) is 49.4 Å². The van der Waals surface area contributed by atoms with E-state index in [1.54, 1.807) is 6.07 Å². The van der Waals surface area contributed by atoms with E-state index < -0.39 is 12.2 Å². The topological polar surface area (TPSA) is 49.7 Å². The third-order valence-corrected chi connectivity index (χ3v) is 3.29. The molecule has 0 saturated heterocycles. The van der Waals surface area contributed by atoms with Crippen LogP contribution in [0.3, 0.4) is 0 Å². The van der Waals surface area contributed by atoms with E-state index in [2.05, 4.69) is 6.92 Å². The summed E-state index contributed by atoms with van der Waals surface area (Å²) in [4.78, 5) is 0. The van der Waals surface area contributed by atoms with Gasteiger partial charge in [-0.15, -0.1) is 0 Å². The second-order valence-corrected chi connectivity index (χ2v) is 5.12. The first-order chi connectivity index (χ1) is 9.08. The van der Waals surface area contributed by atoms with Crippen molar-refractivity contribution < 1.29 is 14.9 Å². The molecule has 0 amide bonds. The number of hydrogen-bond acceptors (Lipinski definition) is 3. The average Bonchev–Trinajstić information content (AvgIpc) is 2.42. The third kappa shape index (κ3) is 5.39. The Morgan fingerprint density at radius 1 is 1.21 bits per heavy atom. The first-order valence-electron chi connectivity index (χ1n) is 6.85. The summed E-state index contributed by atoms with van der Waals surface area (Å²) >= 11 is 5.99. The van der Waals surface area contributed by atoms with Crippen molar-refractivity contribution in [3.05, 3.63) is 28.8 Å². The fourth-order valence-corrected chi connectivity index (χ4v) is 2.06. The van der Waals surface area contributed by atoms with E-state index >= 15 is 0 Å². The summed E-state index contributed by atoms with van der Waals surface area (Å²) in [6.07, 6.45) is 1.26. The Balaban J connectivity index is 2.67. The molecule has 0 bridgehead atoms. The molecule has 1 rings (SSSR count). The standard InChI is InChI=1S/C15H23ClO3/c1-3-9-19-15-8-6-12(16)10-11(15)5-7-14(18)13(17)4-2/h6,8,10,13-14,17-18H,3-5,7,9H2,1-2H3. The van der Waals surface area contributed by atoms with Crippen molar-refractivity contribution in [3.8, 4) is 5.75 Å². The molecule has 0 radical (unpaired) electrons. The summed E-state index contributed by atoms with van der Waals surface area (Å²) in [5.41, 5.74) is 0.975.